The number of benzene rings is 2. The molecule has 1 aliphatic carbocycles. The highest BCUT2D eigenvalue weighted by Gasteiger charge is 2.39. The average molecular weight is 356 g/mol. The van der Waals surface area contributed by atoms with Crippen LogP contribution in [0.5, 0.6) is 23.0 Å². The Morgan fingerprint density at radius 1 is 0.962 bits per heavy atom. The van der Waals surface area contributed by atoms with E-state index in [0.717, 1.165) is 6.07 Å². The number of hydrogen-bond donors (Lipinski definition) is 3. The number of aromatic hydroxyl groups is 3. The number of phenols is 3. The third kappa shape index (κ3) is 2.48. The lowest BCUT2D eigenvalue weighted by Gasteiger charge is -2.23. The smallest absolute Gasteiger partial charge is 0.202 e. The molecule has 0 atom stereocenters. The van der Waals surface area contributed by atoms with Crippen molar-refractivity contribution in [1.29, 1.82) is 0 Å². The molecule has 0 aromatic heterocycles. The average Bonchev–Trinajstić information content (AvgIpc) is 2.59. The summed E-state index contributed by atoms with van der Waals surface area (Å²) in [6.07, 6.45) is 0.210. The van der Waals surface area contributed by atoms with Crippen molar-refractivity contribution in [3.05, 3.63) is 46.0 Å². The Morgan fingerprint density at radius 3 is 2.19 bits per heavy atom. The predicted octanol–water partition coefficient (Wildman–Crippen LogP) is 2.11. The first kappa shape index (κ1) is 17.5. The van der Waals surface area contributed by atoms with Crippen LogP contribution >= 0.6 is 0 Å². The maximum absolute atomic E-state index is 13.0. The fraction of sp³-hybridized carbons (Fsp3) is 0.211. The number of rotatable bonds is 4. The van der Waals surface area contributed by atoms with Gasteiger partial charge in [-0.2, -0.15) is 0 Å². The van der Waals surface area contributed by atoms with Gasteiger partial charge in [-0.15, -0.1) is 0 Å². The third-order valence-corrected chi connectivity index (χ3v) is 4.38. The molecule has 0 radical (unpaired) electrons. The fourth-order valence-corrected chi connectivity index (χ4v) is 3.11. The summed E-state index contributed by atoms with van der Waals surface area (Å²) in [5.41, 5.74) is -1.02. The van der Waals surface area contributed by atoms with Crippen LogP contribution in [0.25, 0.3) is 0 Å². The Hall–Kier alpha value is -3.35. The number of phenolic OH excluding ortho intramolecular Hbond substituents is 3. The van der Waals surface area contributed by atoms with Gasteiger partial charge < -0.3 is 24.9 Å². The second-order valence-electron chi connectivity index (χ2n) is 6.05. The quantitative estimate of drug-likeness (QED) is 0.612. The van der Waals surface area contributed by atoms with Crippen LogP contribution in [-0.4, -0.2) is 39.8 Å². The molecule has 7 heteroatoms. The highest BCUT2D eigenvalue weighted by molar-refractivity contribution is 6.32. The fourth-order valence-electron chi connectivity index (χ4n) is 3.11. The van der Waals surface area contributed by atoms with E-state index in [1.165, 1.54) is 26.2 Å². The van der Waals surface area contributed by atoms with Crippen LogP contribution in [0.1, 0.15) is 50.8 Å². The Morgan fingerprint density at radius 2 is 1.58 bits per heavy atom. The highest BCUT2D eigenvalue weighted by Crippen LogP contribution is 2.44. The third-order valence-electron chi connectivity index (χ3n) is 4.38. The van der Waals surface area contributed by atoms with Crippen LogP contribution in [-0.2, 0) is 11.2 Å². The van der Waals surface area contributed by atoms with E-state index in [0.29, 0.717) is 0 Å². The number of Topliss-reactive ketones (excluding diaryl/α,β-unsaturated/α-hetero) is 1. The zero-order valence-electron chi connectivity index (χ0n) is 14.1. The first-order valence-corrected chi connectivity index (χ1v) is 7.84. The number of carbonyl (C=O) groups is 3. The van der Waals surface area contributed by atoms with Crippen molar-refractivity contribution in [2.45, 2.75) is 19.8 Å². The van der Waals surface area contributed by atoms with E-state index in [-0.39, 0.29) is 52.2 Å². The van der Waals surface area contributed by atoms with Crippen molar-refractivity contribution < 1.29 is 34.4 Å². The Bertz CT molecular complexity index is 973. The lowest BCUT2D eigenvalue weighted by molar-refractivity contribution is -0.116. The zero-order valence-corrected chi connectivity index (χ0v) is 14.1. The number of aryl methyl sites for hydroxylation is 1. The van der Waals surface area contributed by atoms with E-state index in [4.69, 9.17) is 4.74 Å². The minimum atomic E-state index is -0.795. The van der Waals surface area contributed by atoms with Crippen molar-refractivity contribution >= 4 is 17.3 Å². The lowest BCUT2D eigenvalue weighted by Crippen LogP contribution is -2.23. The molecule has 0 spiro atoms. The molecule has 0 bridgehead atoms. The van der Waals surface area contributed by atoms with Crippen molar-refractivity contribution in [2.24, 2.45) is 0 Å². The van der Waals surface area contributed by atoms with Gasteiger partial charge in [0, 0.05) is 6.42 Å². The molecule has 0 aliphatic heterocycles. The van der Waals surface area contributed by atoms with E-state index in [1.54, 1.807) is 0 Å². The molecular weight excluding hydrogens is 340 g/mol. The standard InChI is InChI=1S/C19H16O7/c1-8(20)3-4-9-7-11(22)14-16(17(9)23)19(25)15-12(26-2)6-5-10(21)13(15)18(14)24/h5-7,21-23H,3-4H2,1-2H3. The second-order valence-corrected chi connectivity index (χ2v) is 6.05. The molecule has 0 heterocycles. The van der Waals surface area contributed by atoms with E-state index in [9.17, 15) is 29.7 Å². The number of hydrogen-bond acceptors (Lipinski definition) is 7. The number of methoxy groups -OCH3 is 1. The number of ketones is 3. The summed E-state index contributed by atoms with van der Waals surface area (Å²) >= 11 is 0. The zero-order chi connectivity index (χ0) is 19.2. The van der Waals surface area contributed by atoms with E-state index in [2.05, 4.69) is 0 Å². The molecular formula is C19H16O7. The molecule has 2 aromatic carbocycles. The van der Waals surface area contributed by atoms with Crippen LogP contribution in [0.2, 0.25) is 0 Å². The normalized spacial score (nSPS) is 12.5. The summed E-state index contributed by atoms with van der Waals surface area (Å²) in [7, 11) is 1.31. The maximum atomic E-state index is 13.0. The first-order chi connectivity index (χ1) is 12.3. The van der Waals surface area contributed by atoms with Gasteiger partial charge in [0.2, 0.25) is 11.6 Å². The molecule has 0 amide bonds. The van der Waals surface area contributed by atoms with Crippen LogP contribution in [0.15, 0.2) is 18.2 Å². The molecule has 7 nitrogen and oxygen atoms in total. The molecule has 3 rings (SSSR count). The number of fused-ring (bicyclic) bond motifs is 2. The minimum Gasteiger partial charge on any atom is -0.507 e. The minimum absolute atomic E-state index is 0.0647. The molecule has 2 aromatic rings. The molecule has 3 N–H and O–H groups in total. The highest BCUT2D eigenvalue weighted by atomic mass is 16.5. The van der Waals surface area contributed by atoms with Gasteiger partial charge in [0.15, 0.2) is 0 Å². The SMILES string of the molecule is COc1ccc(O)c2c1C(=O)c1c(O)c(CCC(C)=O)cc(O)c1C2=O. The first-order valence-electron chi connectivity index (χ1n) is 7.84. The lowest BCUT2D eigenvalue weighted by atomic mass is 9.80. The van der Waals surface area contributed by atoms with Crippen LogP contribution in [0.4, 0.5) is 0 Å². The van der Waals surface area contributed by atoms with Crippen molar-refractivity contribution in [2.75, 3.05) is 7.11 Å². The second kappa shape index (κ2) is 6.18. The summed E-state index contributed by atoms with van der Waals surface area (Å²) in [6, 6.07) is 3.71. The molecule has 0 saturated carbocycles. The summed E-state index contributed by atoms with van der Waals surface area (Å²) in [4.78, 5) is 37.0. The Kier molecular flexibility index (Phi) is 4.15. The maximum Gasteiger partial charge on any atom is 0.202 e. The van der Waals surface area contributed by atoms with Gasteiger partial charge in [0.05, 0.1) is 29.4 Å². The van der Waals surface area contributed by atoms with Gasteiger partial charge in [-0.3, -0.25) is 9.59 Å². The largest absolute Gasteiger partial charge is 0.507 e. The summed E-state index contributed by atoms with van der Waals surface area (Å²) in [5.74, 6) is -2.99. The van der Waals surface area contributed by atoms with Gasteiger partial charge in [0.1, 0.15) is 28.8 Å². The molecule has 0 fully saturated rings. The topological polar surface area (TPSA) is 121 Å². The van der Waals surface area contributed by atoms with Gasteiger partial charge in [-0.1, -0.05) is 0 Å². The predicted molar refractivity (Wildman–Crippen MR) is 90.3 cm³/mol. The van der Waals surface area contributed by atoms with Crippen LogP contribution < -0.4 is 4.74 Å². The van der Waals surface area contributed by atoms with Gasteiger partial charge in [0.25, 0.3) is 0 Å². The van der Waals surface area contributed by atoms with Crippen molar-refractivity contribution in [1.82, 2.24) is 0 Å². The molecule has 134 valence electrons. The Labute approximate surface area is 148 Å². The van der Waals surface area contributed by atoms with Gasteiger partial charge >= 0.3 is 0 Å². The molecule has 26 heavy (non-hydrogen) atoms. The van der Waals surface area contributed by atoms with Crippen LogP contribution in [0, 0.1) is 0 Å². The number of ether oxygens (including phenoxy) is 1. The van der Waals surface area contributed by atoms with Crippen molar-refractivity contribution in [3.8, 4) is 23.0 Å². The van der Waals surface area contributed by atoms with E-state index in [1.807, 2.05) is 0 Å². The molecule has 1 aliphatic rings. The van der Waals surface area contributed by atoms with Gasteiger partial charge in [-0.05, 0) is 37.1 Å². The number of carbonyl (C=O) groups excluding carboxylic acids is 3. The summed E-state index contributed by atoms with van der Waals surface area (Å²) < 4.78 is 5.11. The molecule has 0 unspecified atom stereocenters. The van der Waals surface area contributed by atoms with E-state index < -0.39 is 28.8 Å². The van der Waals surface area contributed by atoms with Crippen LogP contribution in [0.3, 0.4) is 0 Å². The monoisotopic (exact) mass is 356 g/mol. The molecule has 0 saturated heterocycles. The summed E-state index contributed by atoms with van der Waals surface area (Å²) in [5, 5.41) is 30.8. The van der Waals surface area contributed by atoms with Crippen molar-refractivity contribution in [3.63, 3.8) is 0 Å². The Balaban J connectivity index is 2.28. The summed E-state index contributed by atoms with van der Waals surface area (Å²) in [6.45, 7) is 1.38. The van der Waals surface area contributed by atoms with E-state index >= 15 is 0 Å². The van der Waals surface area contributed by atoms with Gasteiger partial charge in [-0.25, -0.2) is 0 Å².